The van der Waals surface area contributed by atoms with E-state index in [4.69, 9.17) is 4.74 Å². The molecule has 1 aliphatic rings. The summed E-state index contributed by atoms with van der Waals surface area (Å²) < 4.78 is 5.15. The largest absolute Gasteiger partial charge is 0.463 e. The topological polar surface area (TPSA) is 26.3 Å². The van der Waals surface area contributed by atoms with Crippen molar-refractivity contribution in [2.45, 2.75) is 65.2 Å². The summed E-state index contributed by atoms with van der Waals surface area (Å²) in [5.41, 5.74) is 3.71. The van der Waals surface area contributed by atoms with Gasteiger partial charge in [-0.05, 0) is 54.7 Å². The van der Waals surface area contributed by atoms with Crippen LogP contribution in [-0.4, -0.2) is 12.6 Å². The molecule has 23 heavy (non-hydrogen) atoms. The minimum atomic E-state index is -0.209. The lowest BCUT2D eigenvalue weighted by molar-refractivity contribution is -0.137. The Hall–Kier alpha value is -1.57. The van der Waals surface area contributed by atoms with Crippen molar-refractivity contribution >= 4 is 11.5 Å². The molecule has 1 aliphatic carbocycles. The summed E-state index contributed by atoms with van der Waals surface area (Å²) in [6, 6.07) is 8.79. The van der Waals surface area contributed by atoms with Gasteiger partial charge >= 0.3 is 5.97 Å². The zero-order chi connectivity index (χ0) is 16.7. The summed E-state index contributed by atoms with van der Waals surface area (Å²) >= 11 is 0. The van der Waals surface area contributed by atoms with Crippen LogP contribution in [0, 0.1) is 5.92 Å². The molecule has 1 aromatic carbocycles. The molecule has 0 radical (unpaired) electrons. The Balaban J connectivity index is 2.26. The van der Waals surface area contributed by atoms with E-state index in [2.05, 4.69) is 38.1 Å². The Kier molecular flexibility index (Phi) is 6.88. The molecule has 0 N–H and O–H groups in total. The first-order chi connectivity index (χ1) is 11.2. The summed E-state index contributed by atoms with van der Waals surface area (Å²) in [6.07, 6.45) is 9.07. The van der Waals surface area contributed by atoms with Gasteiger partial charge in [0.15, 0.2) is 0 Å². The molecular formula is C21H30O2. The summed E-state index contributed by atoms with van der Waals surface area (Å²) in [6.45, 7) is 6.76. The summed E-state index contributed by atoms with van der Waals surface area (Å²) in [7, 11) is 0. The smallest absolute Gasteiger partial charge is 0.331 e. The van der Waals surface area contributed by atoms with E-state index in [0.717, 1.165) is 6.42 Å². The molecular weight excluding hydrogens is 284 g/mol. The van der Waals surface area contributed by atoms with E-state index in [1.165, 1.54) is 48.8 Å². The molecule has 0 amide bonds. The van der Waals surface area contributed by atoms with Crippen molar-refractivity contribution in [2.24, 2.45) is 5.92 Å². The molecule has 1 unspecified atom stereocenters. The fourth-order valence-corrected chi connectivity index (χ4v) is 3.40. The average molecular weight is 314 g/mol. The predicted octanol–water partition coefficient (Wildman–Crippen LogP) is 5.73. The van der Waals surface area contributed by atoms with Gasteiger partial charge in [-0.2, -0.15) is 0 Å². The SMILES string of the molecule is CCOC(=O)C=C(c1ccc(C(C)CC)cc1)C1CCCCC1. The van der Waals surface area contributed by atoms with Crippen molar-refractivity contribution < 1.29 is 9.53 Å². The van der Waals surface area contributed by atoms with Crippen molar-refractivity contribution in [3.05, 3.63) is 41.5 Å². The zero-order valence-corrected chi connectivity index (χ0v) is 14.8. The molecule has 1 fully saturated rings. The van der Waals surface area contributed by atoms with Crippen LogP contribution < -0.4 is 0 Å². The van der Waals surface area contributed by atoms with Gasteiger partial charge in [-0.15, -0.1) is 0 Å². The normalized spacial score (nSPS) is 17.8. The highest BCUT2D eigenvalue weighted by atomic mass is 16.5. The molecule has 1 aromatic rings. The van der Waals surface area contributed by atoms with Crippen molar-refractivity contribution in [1.29, 1.82) is 0 Å². The first-order valence-electron chi connectivity index (χ1n) is 9.14. The first kappa shape index (κ1) is 17.8. The van der Waals surface area contributed by atoms with E-state index in [0.29, 0.717) is 18.4 Å². The zero-order valence-electron chi connectivity index (χ0n) is 14.8. The van der Waals surface area contributed by atoms with Gasteiger partial charge in [-0.25, -0.2) is 4.79 Å². The lowest BCUT2D eigenvalue weighted by Crippen LogP contribution is -2.11. The van der Waals surface area contributed by atoms with Crippen LogP contribution in [0.25, 0.3) is 5.57 Å². The third kappa shape index (κ3) is 4.95. The molecule has 2 rings (SSSR count). The van der Waals surface area contributed by atoms with Gasteiger partial charge in [0.05, 0.1) is 6.61 Å². The van der Waals surface area contributed by atoms with E-state index >= 15 is 0 Å². The Morgan fingerprint density at radius 2 is 1.83 bits per heavy atom. The molecule has 1 atom stereocenters. The molecule has 2 nitrogen and oxygen atoms in total. The Bertz CT molecular complexity index is 521. The van der Waals surface area contributed by atoms with E-state index in [9.17, 15) is 4.79 Å². The van der Waals surface area contributed by atoms with Crippen molar-refractivity contribution in [3.8, 4) is 0 Å². The quantitative estimate of drug-likeness (QED) is 0.495. The van der Waals surface area contributed by atoms with Crippen LogP contribution in [0.4, 0.5) is 0 Å². The number of carbonyl (C=O) groups is 1. The number of rotatable bonds is 6. The van der Waals surface area contributed by atoms with Crippen molar-refractivity contribution in [3.63, 3.8) is 0 Å². The highest BCUT2D eigenvalue weighted by Gasteiger charge is 2.20. The second kappa shape index (κ2) is 8.90. The third-order valence-corrected chi connectivity index (χ3v) is 5.03. The predicted molar refractivity (Wildman–Crippen MR) is 96.3 cm³/mol. The summed E-state index contributed by atoms with van der Waals surface area (Å²) in [4.78, 5) is 12.0. The van der Waals surface area contributed by atoms with Gasteiger partial charge in [0.1, 0.15) is 0 Å². The number of ether oxygens (including phenoxy) is 1. The first-order valence-corrected chi connectivity index (χ1v) is 9.14. The minimum Gasteiger partial charge on any atom is -0.463 e. The van der Waals surface area contributed by atoms with Crippen LogP contribution in [0.2, 0.25) is 0 Å². The van der Waals surface area contributed by atoms with E-state index in [-0.39, 0.29) is 5.97 Å². The number of esters is 1. The van der Waals surface area contributed by atoms with Gasteiger partial charge < -0.3 is 4.74 Å². The summed E-state index contributed by atoms with van der Waals surface area (Å²) in [5.74, 6) is 0.859. The Morgan fingerprint density at radius 1 is 1.17 bits per heavy atom. The number of hydrogen-bond acceptors (Lipinski definition) is 2. The average Bonchev–Trinajstić information content (AvgIpc) is 2.60. The number of hydrogen-bond donors (Lipinski definition) is 0. The second-order valence-electron chi connectivity index (χ2n) is 6.62. The lowest BCUT2D eigenvalue weighted by Gasteiger charge is -2.25. The molecule has 0 bridgehead atoms. The van der Waals surface area contributed by atoms with Crippen LogP contribution in [0.15, 0.2) is 30.3 Å². The van der Waals surface area contributed by atoms with Crippen LogP contribution in [0.1, 0.15) is 76.3 Å². The molecule has 0 heterocycles. The number of allylic oxidation sites excluding steroid dienone is 1. The highest BCUT2D eigenvalue weighted by molar-refractivity contribution is 5.92. The highest BCUT2D eigenvalue weighted by Crippen LogP contribution is 2.36. The fraction of sp³-hybridized carbons (Fsp3) is 0.571. The van der Waals surface area contributed by atoms with Crippen molar-refractivity contribution in [2.75, 3.05) is 6.61 Å². The van der Waals surface area contributed by atoms with Gasteiger partial charge in [0.2, 0.25) is 0 Å². The maximum absolute atomic E-state index is 12.0. The fourth-order valence-electron chi connectivity index (χ4n) is 3.40. The van der Waals surface area contributed by atoms with E-state index < -0.39 is 0 Å². The molecule has 0 aromatic heterocycles. The van der Waals surface area contributed by atoms with Crippen LogP contribution >= 0.6 is 0 Å². The maximum atomic E-state index is 12.0. The van der Waals surface area contributed by atoms with Crippen molar-refractivity contribution in [1.82, 2.24) is 0 Å². The minimum absolute atomic E-state index is 0.209. The van der Waals surface area contributed by atoms with Crippen LogP contribution in [0.3, 0.4) is 0 Å². The number of carbonyl (C=O) groups excluding carboxylic acids is 1. The van der Waals surface area contributed by atoms with E-state index in [1.54, 1.807) is 6.08 Å². The molecule has 0 aliphatic heterocycles. The van der Waals surface area contributed by atoms with Gasteiger partial charge in [0, 0.05) is 6.08 Å². The molecule has 2 heteroatoms. The Labute approximate surface area is 140 Å². The van der Waals surface area contributed by atoms with Gasteiger partial charge in [-0.3, -0.25) is 0 Å². The standard InChI is InChI=1S/C21H30O2/c1-4-16(3)17-11-13-19(14-12-17)20(15-21(22)23-5-2)18-9-7-6-8-10-18/h11-16,18H,4-10H2,1-3H3. The Morgan fingerprint density at radius 3 is 2.39 bits per heavy atom. The molecule has 0 saturated heterocycles. The van der Waals surface area contributed by atoms with Gasteiger partial charge in [0.25, 0.3) is 0 Å². The molecule has 126 valence electrons. The summed E-state index contributed by atoms with van der Waals surface area (Å²) in [5, 5.41) is 0. The maximum Gasteiger partial charge on any atom is 0.331 e. The van der Waals surface area contributed by atoms with Crippen LogP contribution in [0.5, 0.6) is 0 Å². The van der Waals surface area contributed by atoms with Gasteiger partial charge in [-0.1, -0.05) is 57.4 Å². The van der Waals surface area contributed by atoms with Crippen LogP contribution in [-0.2, 0) is 9.53 Å². The third-order valence-electron chi connectivity index (χ3n) is 5.03. The second-order valence-corrected chi connectivity index (χ2v) is 6.62. The molecule has 1 saturated carbocycles. The molecule has 0 spiro atoms. The van der Waals surface area contributed by atoms with E-state index in [1.807, 2.05) is 6.92 Å². The number of benzene rings is 1. The lowest BCUT2D eigenvalue weighted by atomic mass is 9.80. The monoisotopic (exact) mass is 314 g/mol.